The van der Waals surface area contributed by atoms with Crippen molar-refractivity contribution >= 4 is 28.7 Å². The highest BCUT2D eigenvalue weighted by Gasteiger charge is 2.21. The van der Waals surface area contributed by atoms with Crippen molar-refractivity contribution in [1.29, 1.82) is 0 Å². The minimum absolute atomic E-state index is 0.771. The molecule has 0 aromatic heterocycles. The molecule has 0 heterocycles. The lowest BCUT2D eigenvalue weighted by molar-refractivity contribution is 0.663. The summed E-state index contributed by atoms with van der Waals surface area (Å²) in [7, 11) is 2.08. The molecular formula is C18H19ClN2. The quantitative estimate of drug-likeness (QED) is 0.812. The van der Waals surface area contributed by atoms with Crippen molar-refractivity contribution in [3.05, 3.63) is 64.7 Å². The number of nitrogen functional groups attached to an aromatic ring is 1. The molecule has 0 unspecified atom stereocenters. The van der Waals surface area contributed by atoms with E-state index in [0.29, 0.717) is 0 Å². The zero-order valence-corrected chi connectivity index (χ0v) is 12.9. The van der Waals surface area contributed by atoms with Gasteiger partial charge in [-0.1, -0.05) is 35.9 Å². The summed E-state index contributed by atoms with van der Waals surface area (Å²) in [5, 5.41) is 0.771. The van der Waals surface area contributed by atoms with Crippen molar-refractivity contribution in [1.82, 2.24) is 0 Å². The second kappa shape index (κ2) is 5.82. The monoisotopic (exact) mass is 298 g/mol. The van der Waals surface area contributed by atoms with Crippen LogP contribution in [0.5, 0.6) is 0 Å². The van der Waals surface area contributed by atoms with Crippen LogP contribution in [-0.4, -0.2) is 7.05 Å². The summed E-state index contributed by atoms with van der Waals surface area (Å²) in [6.45, 7) is 0. The SMILES string of the molecule is CN(C(=C1CCC1)c1ccc(N)cc1)c1ccccc1Cl. The van der Waals surface area contributed by atoms with Crippen LogP contribution in [0.25, 0.3) is 5.70 Å². The summed E-state index contributed by atoms with van der Waals surface area (Å²) < 4.78 is 0. The Hall–Kier alpha value is -1.93. The molecule has 0 amide bonds. The molecule has 1 aliphatic carbocycles. The maximum absolute atomic E-state index is 6.36. The van der Waals surface area contributed by atoms with Crippen LogP contribution in [0, 0.1) is 0 Å². The number of hydrogen-bond acceptors (Lipinski definition) is 2. The predicted molar refractivity (Wildman–Crippen MR) is 91.5 cm³/mol. The molecule has 3 heteroatoms. The van der Waals surface area contributed by atoms with Crippen molar-refractivity contribution in [3.63, 3.8) is 0 Å². The van der Waals surface area contributed by atoms with Gasteiger partial charge < -0.3 is 10.6 Å². The molecule has 2 N–H and O–H groups in total. The minimum Gasteiger partial charge on any atom is -0.399 e. The van der Waals surface area contributed by atoms with E-state index in [4.69, 9.17) is 17.3 Å². The van der Waals surface area contributed by atoms with Gasteiger partial charge in [0.2, 0.25) is 0 Å². The highest BCUT2D eigenvalue weighted by atomic mass is 35.5. The molecule has 0 atom stereocenters. The Morgan fingerprint density at radius 3 is 2.29 bits per heavy atom. The molecule has 1 aliphatic rings. The smallest absolute Gasteiger partial charge is 0.0642 e. The summed E-state index contributed by atoms with van der Waals surface area (Å²) in [6, 6.07) is 16.0. The van der Waals surface area contributed by atoms with Crippen LogP contribution >= 0.6 is 11.6 Å². The van der Waals surface area contributed by atoms with E-state index in [2.05, 4.69) is 30.1 Å². The van der Waals surface area contributed by atoms with E-state index < -0.39 is 0 Å². The molecule has 0 bridgehead atoms. The Balaban J connectivity index is 2.05. The van der Waals surface area contributed by atoms with E-state index in [1.54, 1.807) is 0 Å². The van der Waals surface area contributed by atoms with Crippen LogP contribution in [0.2, 0.25) is 5.02 Å². The Morgan fingerprint density at radius 2 is 1.71 bits per heavy atom. The average molecular weight is 299 g/mol. The van der Waals surface area contributed by atoms with E-state index in [1.165, 1.54) is 23.3 Å². The molecule has 2 aromatic rings. The third kappa shape index (κ3) is 2.77. The number of rotatable bonds is 3. The largest absolute Gasteiger partial charge is 0.399 e. The van der Waals surface area contributed by atoms with Crippen molar-refractivity contribution < 1.29 is 0 Å². The summed E-state index contributed by atoms with van der Waals surface area (Å²) in [5.74, 6) is 0. The first-order valence-corrected chi connectivity index (χ1v) is 7.61. The Labute approximate surface area is 130 Å². The van der Waals surface area contributed by atoms with Gasteiger partial charge in [-0.2, -0.15) is 0 Å². The lowest BCUT2D eigenvalue weighted by Gasteiger charge is -2.31. The third-order valence-electron chi connectivity index (χ3n) is 4.03. The highest BCUT2D eigenvalue weighted by Crippen LogP contribution is 2.38. The number of anilines is 2. The number of para-hydroxylation sites is 1. The van der Waals surface area contributed by atoms with Gasteiger partial charge >= 0.3 is 0 Å². The molecule has 2 aromatic carbocycles. The van der Waals surface area contributed by atoms with Crippen LogP contribution in [0.1, 0.15) is 24.8 Å². The zero-order valence-electron chi connectivity index (χ0n) is 12.1. The Kier molecular flexibility index (Phi) is 3.89. The first-order valence-electron chi connectivity index (χ1n) is 7.23. The van der Waals surface area contributed by atoms with Crippen LogP contribution in [-0.2, 0) is 0 Å². The van der Waals surface area contributed by atoms with E-state index in [9.17, 15) is 0 Å². The number of allylic oxidation sites excluding steroid dienone is 1. The standard InChI is InChI=1S/C18H19ClN2/c1-21(17-8-3-2-7-16(17)19)18(13-5-4-6-13)14-9-11-15(20)12-10-14/h2-3,7-12H,4-6,20H2,1H3. The Morgan fingerprint density at radius 1 is 1.05 bits per heavy atom. The summed E-state index contributed by atoms with van der Waals surface area (Å²) in [5.41, 5.74) is 11.6. The van der Waals surface area contributed by atoms with Crippen LogP contribution in [0.3, 0.4) is 0 Å². The van der Waals surface area contributed by atoms with E-state index in [0.717, 1.165) is 29.2 Å². The van der Waals surface area contributed by atoms with Crippen LogP contribution < -0.4 is 10.6 Å². The van der Waals surface area contributed by atoms with Gasteiger partial charge in [-0.25, -0.2) is 0 Å². The molecule has 0 spiro atoms. The molecule has 1 saturated carbocycles. The van der Waals surface area contributed by atoms with Crippen LogP contribution in [0.4, 0.5) is 11.4 Å². The summed E-state index contributed by atoms with van der Waals surface area (Å²) >= 11 is 6.36. The van der Waals surface area contributed by atoms with E-state index >= 15 is 0 Å². The van der Waals surface area contributed by atoms with Crippen molar-refractivity contribution in [3.8, 4) is 0 Å². The molecule has 108 valence electrons. The maximum atomic E-state index is 6.36. The molecule has 0 aliphatic heterocycles. The highest BCUT2D eigenvalue weighted by molar-refractivity contribution is 6.33. The lowest BCUT2D eigenvalue weighted by Crippen LogP contribution is -2.20. The van der Waals surface area contributed by atoms with Crippen molar-refractivity contribution in [2.75, 3.05) is 17.7 Å². The molecule has 0 saturated heterocycles. The van der Waals surface area contributed by atoms with Gasteiger partial charge in [0.15, 0.2) is 0 Å². The van der Waals surface area contributed by atoms with E-state index in [-0.39, 0.29) is 0 Å². The van der Waals surface area contributed by atoms with Gasteiger partial charge in [0.05, 0.1) is 10.7 Å². The first kappa shape index (κ1) is 14.0. The molecule has 21 heavy (non-hydrogen) atoms. The van der Waals surface area contributed by atoms with Gasteiger partial charge in [-0.15, -0.1) is 0 Å². The van der Waals surface area contributed by atoms with Gasteiger partial charge in [0.25, 0.3) is 0 Å². The normalized spacial score (nSPS) is 13.7. The molecular weight excluding hydrogens is 280 g/mol. The summed E-state index contributed by atoms with van der Waals surface area (Å²) in [4.78, 5) is 2.20. The maximum Gasteiger partial charge on any atom is 0.0642 e. The predicted octanol–water partition coefficient (Wildman–Crippen LogP) is 4.95. The fourth-order valence-corrected chi connectivity index (χ4v) is 2.97. The number of nitrogens with zero attached hydrogens (tertiary/aromatic N) is 1. The van der Waals surface area contributed by atoms with Gasteiger partial charge in [0.1, 0.15) is 0 Å². The third-order valence-corrected chi connectivity index (χ3v) is 4.34. The average Bonchev–Trinajstić information content (AvgIpc) is 2.44. The van der Waals surface area contributed by atoms with E-state index in [1.807, 2.05) is 30.3 Å². The topological polar surface area (TPSA) is 29.3 Å². The molecule has 1 fully saturated rings. The minimum atomic E-state index is 0.771. The number of nitrogens with two attached hydrogens (primary N) is 1. The lowest BCUT2D eigenvalue weighted by atomic mass is 9.87. The molecule has 2 nitrogen and oxygen atoms in total. The molecule has 3 rings (SSSR count). The van der Waals surface area contributed by atoms with Gasteiger partial charge in [-0.3, -0.25) is 0 Å². The fourth-order valence-electron chi connectivity index (χ4n) is 2.71. The van der Waals surface area contributed by atoms with Crippen LogP contribution in [0.15, 0.2) is 54.1 Å². The number of hydrogen-bond donors (Lipinski definition) is 1. The first-order chi connectivity index (χ1) is 10.2. The second-order valence-electron chi connectivity index (χ2n) is 5.44. The van der Waals surface area contributed by atoms with Crippen molar-refractivity contribution in [2.24, 2.45) is 0 Å². The number of benzene rings is 2. The summed E-state index contributed by atoms with van der Waals surface area (Å²) in [6.07, 6.45) is 3.59. The zero-order chi connectivity index (χ0) is 14.8. The molecule has 0 radical (unpaired) electrons. The van der Waals surface area contributed by atoms with Crippen molar-refractivity contribution in [2.45, 2.75) is 19.3 Å². The number of halogens is 1. The second-order valence-corrected chi connectivity index (χ2v) is 5.85. The van der Waals surface area contributed by atoms with Gasteiger partial charge in [0, 0.05) is 18.4 Å². The fraction of sp³-hybridized carbons (Fsp3) is 0.222. The van der Waals surface area contributed by atoms with Gasteiger partial charge in [-0.05, 0) is 54.7 Å². The Bertz CT molecular complexity index is 668.